The second kappa shape index (κ2) is 5.70. The van der Waals surface area contributed by atoms with Crippen molar-refractivity contribution in [2.24, 2.45) is 0 Å². The fourth-order valence-electron chi connectivity index (χ4n) is 1.85. The molecule has 1 heterocycles. The molecular formula is C15H18BrN3. The SMILES string of the molecule is Cc1ccc(Nc2cc(Br)nc(C(C)C)n2)c(C)c1. The van der Waals surface area contributed by atoms with E-state index in [1.807, 2.05) is 6.07 Å². The highest BCUT2D eigenvalue weighted by atomic mass is 79.9. The number of aryl methyl sites for hydroxylation is 2. The molecule has 1 N–H and O–H groups in total. The van der Waals surface area contributed by atoms with Crippen molar-refractivity contribution in [3.8, 4) is 0 Å². The maximum absolute atomic E-state index is 4.54. The normalized spacial score (nSPS) is 10.8. The van der Waals surface area contributed by atoms with Crippen LogP contribution < -0.4 is 5.32 Å². The van der Waals surface area contributed by atoms with E-state index in [0.29, 0.717) is 5.92 Å². The topological polar surface area (TPSA) is 37.8 Å². The molecule has 1 aromatic carbocycles. The lowest BCUT2D eigenvalue weighted by Gasteiger charge is -2.12. The highest BCUT2D eigenvalue weighted by molar-refractivity contribution is 9.10. The molecule has 0 radical (unpaired) electrons. The largest absolute Gasteiger partial charge is 0.340 e. The molecule has 2 aromatic rings. The predicted octanol–water partition coefficient (Wildman–Crippen LogP) is 4.72. The van der Waals surface area contributed by atoms with Crippen LogP contribution in [0.1, 0.15) is 36.7 Å². The first kappa shape index (κ1) is 14.0. The van der Waals surface area contributed by atoms with Crippen molar-refractivity contribution >= 4 is 27.4 Å². The third-order valence-corrected chi connectivity index (χ3v) is 3.28. The third-order valence-electron chi connectivity index (χ3n) is 2.87. The van der Waals surface area contributed by atoms with Crippen molar-refractivity contribution in [1.82, 2.24) is 9.97 Å². The maximum Gasteiger partial charge on any atom is 0.135 e. The van der Waals surface area contributed by atoms with Crippen molar-refractivity contribution in [2.45, 2.75) is 33.6 Å². The molecule has 0 fully saturated rings. The lowest BCUT2D eigenvalue weighted by Crippen LogP contribution is -2.03. The van der Waals surface area contributed by atoms with Crippen LogP contribution in [0.4, 0.5) is 11.5 Å². The zero-order valence-corrected chi connectivity index (χ0v) is 13.2. The molecular weight excluding hydrogens is 302 g/mol. The molecule has 2 rings (SSSR count). The Balaban J connectivity index is 2.32. The number of halogens is 1. The third kappa shape index (κ3) is 3.53. The van der Waals surface area contributed by atoms with Gasteiger partial charge in [0.05, 0.1) is 0 Å². The van der Waals surface area contributed by atoms with Gasteiger partial charge in [-0.2, -0.15) is 0 Å². The van der Waals surface area contributed by atoms with E-state index in [4.69, 9.17) is 0 Å². The Morgan fingerprint density at radius 2 is 1.84 bits per heavy atom. The van der Waals surface area contributed by atoms with Crippen LogP contribution in [-0.2, 0) is 0 Å². The van der Waals surface area contributed by atoms with E-state index in [1.165, 1.54) is 11.1 Å². The first-order chi connectivity index (χ1) is 8.95. The minimum absolute atomic E-state index is 0.303. The Labute approximate surface area is 122 Å². The van der Waals surface area contributed by atoms with Crippen LogP contribution >= 0.6 is 15.9 Å². The molecule has 0 unspecified atom stereocenters. The second-order valence-electron chi connectivity index (χ2n) is 5.03. The summed E-state index contributed by atoms with van der Waals surface area (Å²) in [6.45, 7) is 8.36. The lowest BCUT2D eigenvalue weighted by atomic mass is 10.1. The van der Waals surface area contributed by atoms with Gasteiger partial charge in [0.15, 0.2) is 0 Å². The van der Waals surface area contributed by atoms with Crippen LogP contribution in [-0.4, -0.2) is 9.97 Å². The van der Waals surface area contributed by atoms with Gasteiger partial charge in [-0.25, -0.2) is 9.97 Å². The molecule has 3 nitrogen and oxygen atoms in total. The van der Waals surface area contributed by atoms with Crippen LogP contribution in [0, 0.1) is 13.8 Å². The molecule has 0 amide bonds. The zero-order valence-electron chi connectivity index (χ0n) is 11.7. The minimum Gasteiger partial charge on any atom is -0.340 e. The minimum atomic E-state index is 0.303. The number of hydrogen-bond acceptors (Lipinski definition) is 3. The summed E-state index contributed by atoms with van der Waals surface area (Å²) < 4.78 is 0.804. The Hall–Kier alpha value is -1.42. The van der Waals surface area contributed by atoms with Crippen LogP contribution in [0.5, 0.6) is 0 Å². The van der Waals surface area contributed by atoms with Crippen LogP contribution in [0.3, 0.4) is 0 Å². The van der Waals surface area contributed by atoms with E-state index >= 15 is 0 Å². The standard InChI is InChI=1S/C15H18BrN3/c1-9(2)15-18-13(16)8-14(19-15)17-12-6-5-10(3)7-11(12)4/h5-9H,1-4H3,(H,17,18,19). The van der Waals surface area contributed by atoms with E-state index in [-0.39, 0.29) is 0 Å². The summed E-state index contributed by atoms with van der Waals surface area (Å²) in [6.07, 6.45) is 0. The Morgan fingerprint density at radius 3 is 2.47 bits per heavy atom. The van der Waals surface area contributed by atoms with Crippen molar-refractivity contribution in [2.75, 3.05) is 5.32 Å². The van der Waals surface area contributed by atoms with Crippen molar-refractivity contribution in [3.05, 3.63) is 45.8 Å². The average Bonchev–Trinajstić information content (AvgIpc) is 2.32. The first-order valence-electron chi connectivity index (χ1n) is 6.34. The van der Waals surface area contributed by atoms with E-state index in [0.717, 1.165) is 21.9 Å². The molecule has 0 atom stereocenters. The van der Waals surface area contributed by atoms with Gasteiger partial charge in [0.1, 0.15) is 16.2 Å². The monoisotopic (exact) mass is 319 g/mol. The molecule has 0 aliphatic carbocycles. The summed E-state index contributed by atoms with van der Waals surface area (Å²) in [7, 11) is 0. The van der Waals surface area contributed by atoms with Gasteiger partial charge in [0.25, 0.3) is 0 Å². The summed E-state index contributed by atoms with van der Waals surface area (Å²) in [6, 6.07) is 8.22. The average molecular weight is 320 g/mol. The van der Waals surface area contributed by atoms with Gasteiger partial charge in [-0.15, -0.1) is 0 Å². The number of anilines is 2. The molecule has 0 aliphatic rings. The van der Waals surface area contributed by atoms with Gasteiger partial charge in [-0.05, 0) is 41.4 Å². The molecule has 0 aliphatic heterocycles. The van der Waals surface area contributed by atoms with Crippen molar-refractivity contribution in [1.29, 1.82) is 0 Å². The summed E-state index contributed by atoms with van der Waals surface area (Å²) in [5, 5.41) is 3.35. The fraction of sp³-hybridized carbons (Fsp3) is 0.333. The quantitative estimate of drug-likeness (QED) is 0.831. The molecule has 0 saturated carbocycles. The van der Waals surface area contributed by atoms with E-state index in [1.54, 1.807) is 0 Å². The van der Waals surface area contributed by atoms with Crippen LogP contribution in [0.25, 0.3) is 0 Å². The predicted molar refractivity (Wildman–Crippen MR) is 83.0 cm³/mol. The zero-order chi connectivity index (χ0) is 14.0. The van der Waals surface area contributed by atoms with Gasteiger partial charge in [0.2, 0.25) is 0 Å². The molecule has 0 saturated heterocycles. The van der Waals surface area contributed by atoms with Gasteiger partial charge in [0, 0.05) is 17.7 Å². The molecule has 4 heteroatoms. The summed E-state index contributed by atoms with van der Waals surface area (Å²) >= 11 is 3.43. The molecule has 1 aromatic heterocycles. The maximum atomic E-state index is 4.54. The number of hydrogen-bond donors (Lipinski definition) is 1. The number of rotatable bonds is 3. The van der Waals surface area contributed by atoms with Crippen molar-refractivity contribution in [3.63, 3.8) is 0 Å². The lowest BCUT2D eigenvalue weighted by molar-refractivity contribution is 0.771. The Kier molecular flexibility index (Phi) is 4.20. The van der Waals surface area contributed by atoms with Crippen LogP contribution in [0.2, 0.25) is 0 Å². The van der Waals surface area contributed by atoms with E-state index in [9.17, 15) is 0 Å². The Bertz CT molecular complexity index is 594. The Morgan fingerprint density at radius 1 is 1.11 bits per heavy atom. The van der Waals surface area contributed by atoms with Crippen molar-refractivity contribution < 1.29 is 0 Å². The van der Waals surface area contributed by atoms with Gasteiger partial charge < -0.3 is 5.32 Å². The van der Waals surface area contributed by atoms with E-state index in [2.05, 4.69) is 77.1 Å². The number of nitrogens with zero attached hydrogens (tertiary/aromatic N) is 2. The van der Waals surface area contributed by atoms with E-state index < -0.39 is 0 Å². The number of nitrogens with one attached hydrogen (secondary N) is 1. The van der Waals surface area contributed by atoms with Crippen LogP contribution in [0.15, 0.2) is 28.9 Å². The fourth-order valence-corrected chi connectivity index (χ4v) is 2.25. The highest BCUT2D eigenvalue weighted by Crippen LogP contribution is 2.23. The summed E-state index contributed by atoms with van der Waals surface area (Å²) in [5.41, 5.74) is 3.54. The molecule has 19 heavy (non-hydrogen) atoms. The number of aromatic nitrogens is 2. The van der Waals surface area contributed by atoms with Gasteiger partial charge >= 0.3 is 0 Å². The van der Waals surface area contributed by atoms with Gasteiger partial charge in [-0.3, -0.25) is 0 Å². The van der Waals surface area contributed by atoms with Gasteiger partial charge in [-0.1, -0.05) is 31.5 Å². The molecule has 0 bridgehead atoms. The molecule has 100 valence electrons. The summed E-state index contributed by atoms with van der Waals surface area (Å²) in [4.78, 5) is 8.92. The second-order valence-corrected chi connectivity index (χ2v) is 5.84. The smallest absolute Gasteiger partial charge is 0.135 e. The highest BCUT2D eigenvalue weighted by Gasteiger charge is 2.08. The summed E-state index contributed by atoms with van der Waals surface area (Å²) in [5.74, 6) is 1.95. The first-order valence-corrected chi connectivity index (χ1v) is 7.14. The number of benzene rings is 1. The molecule has 0 spiro atoms.